The van der Waals surface area contributed by atoms with Crippen LogP contribution in [0, 0.1) is 5.92 Å². The van der Waals surface area contributed by atoms with Crippen LogP contribution in [0.2, 0.25) is 0 Å². The van der Waals surface area contributed by atoms with Gasteiger partial charge < -0.3 is 10.6 Å². The molecule has 0 spiro atoms. The number of nitrogens with zero attached hydrogens (tertiary/aromatic N) is 1. The van der Waals surface area contributed by atoms with Gasteiger partial charge in [0.15, 0.2) is 0 Å². The molecule has 1 aromatic carbocycles. The van der Waals surface area contributed by atoms with Crippen molar-refractivity contribution in [3.8, 4) is 0 Å². The van der Waals surface area contributed by atoms with Gasteiger partial charge in [0.25, 0.3) is 0 Å². The van der Waals surface area contributed by atoms with Crippen molar-refractivity contribution in [1.82, 2.24) is 4.90 Å². The molecule has 0 amide bonds. The minimum Gasteiger partial charge on any atom is -0.399 e. The fourth-order valence-electron chi connectivity index (χ4n) is 2.46. The molecule has 1 aliphatic heterocycles. The molecule has 0 aliphatic carbocycles. The van der Waals surface area contributed by atoms with E-state index in [4.69, 9.17) is 5.73 Å². The number of hydrogen-bond donors (Lipinski definition) is 1. The maximum absolute atomic E-state index is 14.8. The highest BCUT2D eigenvalue weighted by Gasteiger charge is 2.39. The van der Waals surface area contributed by atoms with Gasteiger partial charge in [-0.05, 0) is 44.6 Å². The molecule has 1 aliphatic rings. The second kappa shape index (κ2) is 4.06. The van der Waals surface area contributed by atoms with Gasteiger partial charge in [-0.2, -0.15) is 0 Å². The molecule has 3 heteroatoms. The van der Waals surface area contributed by atoms with Gasteiger partial charge in [-0.1, -0.05) is 12.1 Å². The molecule has 1 fully saturated rings. The smallest absolute Gasteiger partial charge is 0.137 e. The Morgan fingerprint density at radius 1 is 1.50 bits per heavy atom. The number of likely N-dealkylation sites (tertiary alicyclic amines) is 1. The first kappa shape index (κ1) is 11.4. The fourth-order valence-corrected chi connectivity index (χ4v) is 2.46. The van der Waals surface area contributed by atoms with Gasteiger partial charge in [0.2, 0.25) is 0 Å². The number of hydrogen-bond acceptors (Lipinski definition) is 2. The summed E-state index contributed by atoms with van der Waals surface area (Å²) in [5.41, 5.74) is 5.76. The highest BCUT2D eigenvalue weighted by molar-refractivity contribution is 5.42. The number of nitrogen functional groups attached to an aromatic ring is 1. The lowest BCUT2D eigenvalue weighted by Crippen LogP contribution is -2.29. The van der Waals surface area contributed by atoms with Crippen molar-refractivity contribution in [1.29, 1.82) is 0 Å². The summed E-state index contributed by atoms with van der Waals surface area (Å²) in [6.07, 6.45) is 0.915. The molecule has 2 rings (SSSR count). The van der Waals surface area contributed by atoms with Crippen molar-refractivity contribution < 1.29 is 4.39 Å². The fraction of sp³-hybridized carbons (Fsp3) is 0.538. The maximum Gasteiger partial charge on any atom is 0.137 e. The normalized spacial score (nSPS) is 25.6. The van der Waals surface area contributed by atoms with E-state index in [1.165, 1.54) is 0 Å². The number of nitrogens with two attached hydrogens (primary N) is 1. The van der Waals surface area contributed by atoms with Crippen LogP contribution in [0.3, 0.4) is 0 Å². The molecule has 1 aromatic rings. The first-order valence-electron chi connectivity index (χ1n) is 5.73. The van der Waals surface area contributed by atoms with Crippen LogP contribution in [0.1, 0.15) is 18.9 Å². The Balaban J connectivity index is 2.24. The highest BCUT2D eigenvalue weighted by Crippen LogP contribution is 2.39. The standard InChI is InChI=1S/C13H19FN2/c1-13(14,11-6-7-16(2)9-11)10-4-3-5-12(15)8-10/h3-5,8,11H,6-7,9,15H2,1-2H3. The molecular formula is C13H19FN2. The van der Waals surface area contributed by atoms with Crippen LogP contribution in [0.5, 0.6) is 0 Å². The zero-order chi connectivity index (χ0) is 11.8. The van der Waals surface area contributed by atoms with Crippen LogP contribution in [-0.2, 0) is 5.67 Å². The average Bonchev–Trinajstić information content (AvgIpc) is 2.65. The summed E-state index contributed by atoms with van der Waals surface area (Å²) < 4.78 is 14.8. The lowest BCUT2D eigenvalue weighted by molar-refractivity contribution is 0.106. The Morgan fingerprint density at radius 2 is 2.25 bits per heavy atom. The Bertz CT molecular complexity index is 376. The van der Waals surface area contributed by atoms with E-state index >= 15 is 0 Å². The minimum atomic E-state index is -1.28. The summed E-state index contributed by atoms with van der Waals surface area (Å²) in [5.74, 6) is 0.0688. The summed E-state index contributed by atoms with van der Waals surface area (Å²) in [6.45, 7) is 3.47. The molecule has 2 atom stereocenters. The van der Waals surface area contributed by atoms with Crippen LogP contribution in [-0.4, -0.2) is 25.0 Å². The minimum absolute atomic E-state index is 0.0688. The quantitative estimate of drug-likeness (QED) is 0.779. The van der Waals surface area contributed by atoms with E-state index in [0.29, 0.717) is 11.3 Å². The van der Waals surface area contributed by atoms with Gasteiger partial charge >= 0.3 is 0 Å². The van der Waals surface area contributed by atoms with Crippen LogP contribution in [0.15, 0.2) is 24.3 Å². The molecule has 0 radical (unpaired) electrons. The van der Waals surface area contributed by atoms with Crippen LogP contribution < -0.4 is 5.73 Å². The number of anilines is 1. The summed E-state index contributed by atoms with van der Waals surface area (Å²) >= 11 is 0. The summed E-state index contributed by atoms with van der Waals surface area (Å²) in [4.78, 5) is 2.18. The molecule has 16 heavy (non-hydrogen) atoms. The zero-order valence-electron chi connectivity index (χ0n) is 9.91. The van der Waals surface area contributed by atoms with E-state index in [2.05, 4.69) is 4.90 Å². The molecular weight excluding hydrogens is 203 g/mol. The predicted octanol–water partition coefficient (Wildman–Crippen LogP) is 2.41. The molecule has 2 N–H and O–H groups in total. The number of halogens is 1. The third-order valence-corrected chi connectivity index (χ3v) is 3.61. The Morgan fingerprint density at radius 3 is 2.81 bits per heavy atom. The average molecular weight is 222 g/mol. The predicted molar refractivity (Wildman–Crippen MR) is 64.9 cm³/mol. The molecule has 0 saturated carbocycles. The summed E-state index contributed by atoms with van der Waals surface area (Å²) in [7, 11) is 2.04. The van der Waals surface area contributed by atoms with E-state index in [1.54, 1.807) is 19.1 Å². The van der Waals surface area contributed by atoms with Crippen molar-refractivity contribution in [2.45, 2.75) is 19.0 Å². The monoisotopic (exact) mass is 222 g/mol. The molecule has 88 valence electrons. The van der Waals surface area contributed by atoms with Gasteiger partial charge in [0.1, 0.15) is 5.67 Å². The lowest BCUT2D eigenvalue weighted by Gasteiger charge is -2.28. The van der Waals surface area contributed by atoms with Gasteiger partial charge in [0, 0.05) is 18.2 Å². The number of rotatable bonds is 2. The molecule has 1 saturated heterocycles. The maximum atomic E-state index is 14.8. The van der Waals surface area contributed by atoms with Crippen molar-refractivity contribution >= 4 is 5.69 Å². The molecule has 0 aromatic heterocycles. The summed E-state index contributed by atoms with van der Waals surface area (Å²) in [6, 6.07) is 7.19. The van der Waals surface area contributed by atoms with Gasteiger partial charge in [-0.15, -0.1) is 0 Å². The van der Waals surface area contributed by atoms with Gasteiger partial charge in [0.05, 0.1) is 0 Å². The SMILES string of the molecule is CN1CCC(C(C)(F)c2cccc(N)c2)C1. The lowest BCUT2D eigenvalue weighted by atomic mass is 9.84. The van der Waals surface area contributed by atoms with E-state index in [-0.39, 0.29) is 5.92 Å². The van der Waals surface area contributed by atoms with E-state index in [1.807, 2.05) is 19.2 Å². The van der Waals surface area contributed by atoms with Crippen molar-refractivity contribution in [3.05, 3.63) is 29.8 Å². The Kier molecular flexibility index (Phi) is 2.89. The molecule has 2 nitrogen and oxygen atoms in total. The topological polar surface area (TPSA) is 29.3 Å². The van der Waals surface area contributed by atoms with Crippen molar-refractivity contribution in [3.63, 3.8) is 0 Å². The van der Waals surface area contributed by atoms with Crippen molar-refractivity contribution in [2.24, 2.45) is 5.92 Å². The third kappa shape index (κ3) is 2.05. The summed E-state index contributed by atoms with van der Waals surface area (Å²) in [5, 5.41) is 0. The zero-order valence-corrected chi connectivity index (χ0v) is 9.91. The van der Waals surface area contributed by atoms with Crippen LogP contribution >= 0.6 is 0 Å². The highest BCUT2D eigenvalue weighted by atomic mass is 19.1. The molecule has 1 heterocycles. The van der Waals surface area contributed by atoms with Crippen molar-refractivity contribution in [2.75, 3.05) is 25.9 Å². The van der Waals surface area contributed by atoms with Crippen LogP contribution in [0.4, 0.5) is 10.1 Å². The second-order valence-electron chi connectivity index (χ2n) is 4.95. The Labute approximate surface area is 96.2 Å². The third-order valence-electron chi connectivity index (χ3n) is 3.61. The first-order valence-corrected chi connectivity index (χ1v) is 5.73. The molecule has 2 unspecified atom stereocenters. The van der Waals surface area contributed by atoms with E-state index in [0.717, 1.165) is 19.5 Å². The number of alkyl halides is 1. The van der Waals surface area contributed by atoms with E-state index < -0.39 is 5.67 Å². The van der Waals surface area contributed by atoms with Gasteiger partial charge in [-0.3, -0.25) is 0 Å². The van der Waals surface area contributed by atoms with E-state index in [9.17, 15) is 4.39 Å². The number of benzene rings is 1. The Hall–Kier alpha value is -1.09. The van der Waals surface area contributed by atoms with Crippen LogP contribution in [0.25, 0.3) is 0 Å². The van der Waals surface area contributed by atoms with Gasteiger partial charge in [-0.25, -0.2) is 4.39 Å². The largest absolute Gasteiger partial charge is 0.399 e. The first-order chi connectivity index (χ1) is 7.50. The second-order valence-corrected chi connectivity index (χ2v) is 4.95. The molecule has 0 bridgehead atoms.